The van der Waals surface area contributed by atoms with Gasteiger partial charge in [-0.05, 0) is 42.3 Å². The van der Waals surface area contributed by atoms with Crippen LogP contribution < -0.4 is 5.32 Å². The van der Waals surface area contributed by atoms with Gasteiger partial charge in [-0.15, -0.1) is 0 Å². The molecule has 0 aliphatic heterocycles. The number of carbonyl (C=O) groups is 2. The topological polar surface area (TPSA) is 73.2 Å². The summed E-state index contributed by atoms with van der Waals surface area (Å²) < 4.78 is 6.67. The molecule has 1 heterocycles. The third-order valence-electron chi connectivity index (χ3n) is 4.10. The highest BCUT2D eigenvalue weighted by atomic mass is 16.5. The molecule has 0 saturated heterocycles. The number of hydrogen-bond donors (Lipinski definition) is 1. The Morgan fingerprint density at radius 3 is 2.59 bits per heavy atom. The van der Waals surface area contributed by atoms with Gasteiger partial charge in [-0.1, -0.05) is 31.2 Å². The molecule has 0 spiro atoms. The van der Waals surface area contributed by atoms with Crippen LogP contribution in [0.3, 0.4) is 0 Å². The first-order valence-corrected chi connectivity index (χ1v) is 8.75. The number of nitrogens with zero attached hydrogens (tertiary/aromatic N) is 2. The SMILES string of the molecule is CCCn1c(NC(=O)/C=C/c2ccc(C(=O)OC)cc2)nc2ccccc21. The average molecular weight is 363 g/mol. The monoisotopic (exact) mass is 363 g/mol. The number of aryl methyl sites for hydroxylation is 1. The van der Waals surface area contributed by atoms with E-state index in [0.29, 0.717) is 11.5 Å². The number of ether oxygens (including phenoxy) is 1. The number of imidazole rings is 1. The van der Waals surface area contributed by atoms with Gasteiger partial charge in [0.15, 0.2) is 0 Å². The van der Waals surface area contributed by atoms with Crippen LogP contribution in [0, 0.1) is 0 Å². The number of amides is 1. The van der Waals surface area contributed by atoms with Crippen LogP contribution in [0.1, 0.15) is 29.3 Å². The minimum Gasteiger partial charge on any atom is -0.465 e. The van der Waals surface area contributed by atoms with E-state index in [1.54, 1.807) is 30.3 Å². The van der Waals surface area contributed by atoms with E-state index >= 15 is 0 Å². The number of benzene rings is 2. The number of nitrogens with one attached hydrogen (secondary N) is 1. The fourth-order valence-corrected chi connectivity index (χ4v) is 2.79. The van der Waals surface area contributed by atoms with Crippen molar-refractivity contribution in [2.24, 2.45) is 0 Å². The second-order valence-corrected chi connectivity index (χ2v) is 6.01. The summed E-state index contributed by atoms with van der Waals surface area (Å²) in [6.07, 6.45) is 4.07. The molecule has 1 aromatic heterocycles. The molecule has 138 valence electrons. The number of hydrogen-bond acceptors (Lipinski definition) is 4. The Labute approximate surface area is 157 Å². The van der Waals surface area contributed by atoms with E-state index in [0.717, 1.165) is 29.6 Å². The summed E-state index contributed by atoms with van der Waals surface area (Å²) in [5.74, 6) is -0.119. The minimum atomic E-state index is -0.391. The third kappa shape index (κ3) is 4.23. The van der Waals surface area contributed by atoms with Crippen LogP contribution in [0.5, 0.6) is 0 Å². The van der Waals surface area contributed by atoms with Crippen LogP contribution in [-0.2, 0) is 16.1 Å². The van der Waals surface area contributed by atoms with Crippen LogP contribution >= 0.6 is 0 Å². The van der Waals surface area contributed by atoms with Crippen molar-refractivity contribution in [1.82, 2.24) is 9.55 Å². The highest BCUT2D eigenvalue weighted by Crippen LogP contribution is 2.20. The maximum Gasteiger partial charge on any atom is 0.337 e. The molecule has 1 N–H and O–H groups in total. The van der Waals surface area contributed by atoms with E-state index in [1.165, 1.54) is 13.2 Å². The van der Waals surface area contributed by atoms with Crippen molar-refractivity contribution in [3.05, 3.63) is 65.7 Å². The Kier molecular flexibility index (Phi) is 5.66. The lowest BCUT2D eigenvalue weighted by molar-refractivity contribution is -0.111. The van der Waals surface area contributed by atoms with Gasteiger partial charge < -0.3 is 9.30 Å². The van der Waals surface area contributed by atoms with Gasteiger partial charge in [0.1, 0.15) is 0 Å². The average Bonchev–Trinajstić information content (AvgIpc) is 3.03. The van der Waals surface area contributed by atoms with E-state index in [9.17, 15) is 9.59 Å². The molecule has 3 aromatic rings. The first-order chi connectivity index (χ1) is 13.1. The smallest absolute Gasteiger partial charge is 0.337 e. The van der Waals surface area contributed by atoms with Crippen LogP contribution in [0.4, 0.5) is 5.95 Å². The summed E-state index contributed by atoms with van der Waals surface area (Å²) in [7, 11) is 1.34. The number of methoxy groups -OCH3 is 1. The Balaban J connectivity index is 1.74. The van der Waals surface area contributed by atoms with E-state index in [-0.39, 0.29) is 5.91 Å². The predicted molar refractivity (Wildman–Crippen MR) is 105 cm³/mol. The Hall–Kier alpha value is -3.41. The van der Waals surface area contributed by atoms with Crippen LogP contribution in [0.2, 0.25) is 0 Å². The third-order valence-corrected chi connectivity index (χ3v) is 4.10. The van der Waals surface area contributed by atoms with Gasteiger partial charge in [0, 0.05) is 12.6 Å². The van der Waals surface area contributed by atoms with E-state index in [4.69, 9.17) is 0 Å². The molecular weight excluding hydrogens is 342 g/mol. The lowest BCUT2D eigenvalue weighted by Crippen LogP contribution is -2.13. The number of fused-ring (bicyclic) bond motifs is 1. The Morgan fingerprint density at radius 1 is 1.15 bits per heavy atom. The molecule has 1 amide bonds. The highest BCUT2D eigenvalue weighted by Gasteiger charge is 2.11. The van der Waals surface area contributed by atoms with Crippen LogP contribution in [0.15, 0.2) is 54.6 Å². The summed E-state index contributed by atoms with van der Waals surface area (Å²) >= 11 is 0. The molecule has 3 rings (SSSR count). The van der Waals surface area contributed by atoms with Crippen molar-refractivity contribution in [2.45, 2.75) is 19.9 Å². The molecule has 0 aliphatic carbocycles. The van der Waals surface area contributed by atoms with Gasteiger partial charge in [0.05, 0.1) is 23.7 Å². The molecular formula is C21H21N3O3. The summed E-state index contributed by atoms with van der Waals surface area (Å²) in [6, 6.07) is 14.6. The van der Waals surface area contributed by atoms with E-state index < -0.39 is 5.97 Å². The number of esters is 1. The molecule has 6 nitrogen and oxygen atoms in total. The number of rotatable bonds is 6. The number of aromatic nitrogens is 2. The zero-order chi connectivity index (χ0) is 19.2. The maximum absolute atomic E-state index is 12.3. The van der Waals surface area contributed by atoms with Crippen molar-refractivity contribution < 1.29 is 14.3 Å². The molecule has 0 unspecified atom stereocenters. The molecule has 6 heteroatoms. The highest BCUT2D eigenvalue weighted by molar-refractivity contribution is 6.02. The lowest BCUT2D eigenvalue weighted by atomic mass is 10.1. The molecule has 0 bridgehead atoms. The van der Waals surface area contributed by atoms with Crippen molar-refractivity contribution in [3.8, 4) is 0 Å². The second-order valence-electron chi connectivity index (χ2n) is 6.01. The zero-order valence-corrected chi connectivity index (χ0v) is 15.3. The minimum absolute atomic E-state index is 0.264. The second kappa shape index (κ2) is 8.31. The largest absolute Gasteiger partial charge is 0.465 e. The lowest BCUT2D eigenvalue weighted by Gasteiger charge is -2.07. The fraction of sp³-hybridized carbons (Fsp3) is 0.190. The summed E-state index contributed by atoms with van der Waals surface area (Å²) in [5, 5.41) is 2.85. The summed E-state index contributed by atoms with van der Waals surface area (Å²) in [4.78, 5) is 28.3. The molecule has 2 aromatic carbocycles. The van der Waals surface area contributed by atoms with Crippen molar-refractivity contribution >= 4 is 34.9 Å². The summed E-state index contributed by atoms with van der Waals surface area (Å²) in [6.45, 7) is 2.85. The number of para-hydroxylation sites is 2. The number of anilines is 1. The first kappa shape index (κ1) is 18.4. The quantitative estimate of drug-likeness (QED) is 0.533. The Bertz CT molecular complexity index is 988. The van der Waals surface area contributed by atoms with Crippen LogP contribution in [0.25, 0.3) is 17.1 Å². The molecule has 27 heavy (non-hydrogen) atoms. The van der Waals surface area contributed by atoms with E-state index in [1.807, 2.05) is 28.8 Å². The van der Waals surface area contributed by atoms with Gasteiger partial charge in [0.25, 0.3) is 5.91 Å². The van der Waals surface area contributed by atoms with Crippen LogP contribution in [-0.4, -0.2) is 28.5 Å². The van der Waals surface area contributed by atoms with Gasteiger partial charge in [0.2, 0.25) is 5.95 Å². The fourth-order valence-electron chi connectivity index (χ4n) is 2.79. The number of carbonyl (C=O) groups excluding carboxylic acids is 2. The summed E-state index contributed by atoms with van der Waals surface area (Å²) in [5.41, 5.74) is 3.12. The predicted octanol–water partition coefficient (Wildman–Crippen LogP) is 3.88. The standard InChI is InChI=1S/C21H21N3O3/c1-3-14-24-18-7-5-4-6-17(18)22-21(24)23-19(25)13-10-15-8-11-16(12-9-15)20(26)27-2/h4-13H,3,14H2,1-2H3,(H,22,23,25)/b13-10+. The van der Waals surface area contributed by atoms with Crippen molar-refractivity contribution in [2.75, 3.05) is 12.4 Å². The van der Waals surface area contributed by atoms with Gasteiger partial charge in [-0.3, -0.25) is 10.1 Å². The van der Waals surface area contributed by atoms with Gasteiger partial charge in [-0.2, -0.15) is 0 Å². The van der Waals surface area contributed by atoms with Gasteiger partial charge >= 0.3 is 5.97 Å². The van der Waals surface area contributed by atoms with Gasteiger partial charge in [-0.25, -0.2) is 9.78 Å². The maximum atomic E-state index is 12.3. The molecule has 0 fully saturated rings. The zero-order valence-electron chi connectivity index (χ0n) is 15.3. The first-order valence-electron chi connectivity index (χ1n) is 8.75. The van der Waals surface area contributed by atoms with Crippen molar-refractivity contribution in [3.63, 3.8) is 0 Å². The molecule has 0 aliphatic rings. The van der Waals surface area contributed by atoms with Crippen molar-refractivity contribution in [1.29, 1.82) is 0 Å². The van der Waals surface area contributed by atoms with E-state index in [2.05, 4.69) is 22.0 Å². The normalized spacial score (nSPS) is 11.0. The molecule has 0 saturated carbocycles. The Morgan fingerprint density at radius 2 is 1.89 bits per heavy atom. The molecule has 0 atom stereocenters. The molecule has 0 radical (unpaired) electrons.